The van der Waals surface area contributed by atoms with Crippen LogP contribution in [-0.4, -0.2) is 35.9 Å². The zero-order chi connectivity index (χ0) is 27.6. The molecule has 0 radical (unpaired) electrons. The number of carbonyl (C=O) groups excluding carboxylic acids is 2. The van der Waals surface area contributed by atoms with Crippen molar-refractivity contribution in [3.05, 3.63) is 11.1 Å². The van der Waals surface area contributed by atoms with Gasteiger partial charge in [0.25, 0.3) is 0 Å². The Balaban J connectivity index is 2.72. The highest BCUT2D eigenvalue weighted by atomic mass is 16.6. The topological polar surface area (TPSA) is 72.8 Å². The van der Waals surface area contributed by atoms with E-state index >= 15 is 0 Å². The van der Waals surface area contributed by atoms with Gasteiger partial charge in [0.1, 0.15) is 6.61 Å². The molecule has 5 nitrogen and oxygen atoms in total. The molecule has 5 heteroatoms. The minimum absolute atomic E-state index is 0.0863. The van der Waals surface area contributed by atoms with E-state index in [1.165, 1.54) is 63.4 Å². The first-order valence-corrected chi connectivity index (χ1v) is 15.5. The Morgan fingerprint density at radius 3 is 1.84 bits per heavy atom. The van der Waals surface area contributed by atoms with Gasteiger partial charge in [0.05, 0.1) is 12.0 Å². The first-order valence-electron chi connectivity index (χ1n) is 15.5. The van der Waals surface area contributed by atoms with Crippen molar-refractivity contribution in [2.24, 2.45) is 5.41 Å². The Labute approximate surface area is 228 Å². The van der Waals surface area contributed by atoms with Crippen molar-refractivity contribution in [2.45, 2.75) is 162 Å². The Morgan fingerprint density at radius 2 is 1.32 bits per heavy atom. The summed E-state index contributed by atoms with van der Waals surface area (Å²) >= 11 is 0. The van der Waals surface area contributed by atoms with Crippen molar-refractivity contribution in [3.8, 4) is 0 Å². The molecule has 0 spiro atoms. The maximum Gasteiger partial charge on any atom is 0.334 e. The van der Waals surface area contributed by atoms with Gasteiger partial charge in [-0.15, -0.1) is 0 Å². The third-order valence-electron chi connectivity index (χ3n) is 7.86. The highest BCUT2D eigenvalue weighted by Gasteiger charge is 2.46. The number of ether oxygens (including phenoxy) is 2. The van der Waals surface area contributed by atoms with E-state index < -0.39 is 11.0 Å². The van der Waals surface area contributed by atoms with E-state index in [1.54, 1.807) is 0 Å². The highest BCUT2D eigenvalue weighted by Crippen LogP contribution is 2.37. The molecular weight excluding hydrogens is 464 g/mol. The van der Waals surface area contributed by atoms with Crippen LogP contribution < -0.4 is 0 Å². The van der Waals surface area contributed by atoms with Gasteiger partial charge >= 0.3 is 11.9 Å². The van der Waals surface area contributed by atoms with Crippen molar-refractivity contribution in [1.29, 1.82) is 0 Å². The number of aliphatic hydroxyl groups excluding tert-OH is 1. The number of aliphatic hydroxyl groups is 1. The lowest BCUT2D eigenvalue weighted by Crippen LogP contribution is -2.41. The predicted octanol–water partition coefficient (Wildman–Crippen LogP) is 8.61. The van der Waals surface area contributed by atoms with Crippen LogP contribution in [0, 0.1) is 5.41 Å². The van der Waals surface area contributed by atoms with E-state index in [-0.39, 0.29) is 25.2 Å². The molecule has 0 aromatic rings. The average Bonchev–Trinajstić information content (AvgIpc) is 3.22. The van der Waals surface area contributed by atoms with E-state index in [0.717, 1.165) is 57.8 Å². The minimum atomic E-state index is -1.16. The molecule has 0 aromatic heterocycles. The molecule has 0 aliphatic carbocycles. The second kappa shape index (κ2) is 18.8. The van der Waals surface area contributed by atoms with Crippen molar-refractivity contribution in [3.63, 3.8) is 0 Å². The molecule has 0 aromatic carbocycles. The number of esters is 2. The number of allylic oxidation sites excluding steroid dienone is 1. The minimum Gasteiger partial charge on any atom is -0.461 e. The van der Waals surface area contributed by atoms with E-state index in [2.05, 4.69) is 20.8 Å². The third-order valence-corrected chi connectivity index (χ3v) is 7.86. The van der Waals surface area contributed by atoms with Crippen LogP contribution in [0.5, 0.6) is 0 Å². The Hall–Kier alpha value is -1.36. The number of carbonyl (C=O) groups is 2. The largest absolute Gasteiger partial charge is 0.461 e. The van der Waals surface area contributed by atoms with Gasteiger partial charge in [-0.25, -0.2) is 4.79 Å². The number of rotatable bonds is 22. The summed E-state index contributed by atoms with van der Waals surface area (Å²) in [4.78, 5) is 25.9. The first-order chi connectivity index (χ1) is 17.7. The molecule has 1 saturated heterocycles. The fraction of sp³-hybridized carbons (Fsp3) is 0.875. The Morgan fingerprint density at radius 1 is 0.838 bits per heavy atom. The Kier molecular flexibility index (Phi) is 17.1. The fourth-order valence-electron chi connectivity index (χ4n) is 5.15. The monoisotopic (exact) mass is 522 g/mol. The molecule has 1 aliphatic rings. The van der Waals surface area contributed by atoms with Gasteiger partial charge in [0, 0.05) is 12.0 Å². The van der Waals surface area contributed by atoms with Gasteiger partial charge in [0.15, 0.2) is 5.60 Å². The predicted molar refractivity (Wildman–Crippen MR) is 152 cm³/mol. The van der Waals surface area contributed by atoms with Crippen LogP contribution in [0.3, 0.4) is 0 Å². The van der Waals surface area contributed by atoms with E-state index in [0.29, 0.717) is 12.0 Å². The van der Waals surface area contributed by atoms with Crippen molar-refractivity contribution < 1.29 is 24.2 Å². The molecule has 1 atom stereocenters. The maximum absolute atomic E-state index is 12.9. The second-order valence-electron chi connectivity index (χ2n) is 11.9. The summed E-state index contributed by atoms with van der Waals surface area (Å²) in [6.45, 7) is 10.0. The quantitative estimate of drug-likeness (QED) is 0.0875. The summed E-state index contributed by atoms with van der Waals surface area (Å²) in [6, 6.07) is 0. The standard InChI is InChI=1S/C32H58O5/c1-6-9-12-15-16-17-20-23-31(4,5)30(35)36-26-32(25-33)24-28(29(34)37-32)27(21-18-13-10-7-2)22-19-14-11-8-3/h33H,6-26H2,1-5H3. The summed E-state index contributed by atoms with van der Waals surface area (Å²) in [5, 5.41) is 10.2. The van der Waals surface area contributed by atoms with Crippen LogP contribution in [0.25, 0.3) is 0 Å². The van der Waals surface area contributed by atoms with E-state index in [4.69, 9.17) is 9.47 Å². The van der Waals surface area contributed by atoms with Gasteiger partial charge in [-0.05, 0) is 46.0 Å². The average molecular weight is 523 g/mol. The SMILES string of the molecule is CCCCCCCCCC(C)(C)C(=O)OCC1(CO)CC(=C(CCCCCC)CCCCCC)C(=O)O1. The lowest BCUT2D eigenvalue weighted by Gasteiger charge is -2.28. The zero-order valence-corrected chi connectivity index (χ0v) is 24.9. The van der Waals surface area contributed by atoms with Gasteiger partial charge in [-0.3, -0.25) is 4.79 Å². The maximum atomic E-state index is 12.9. The molecule has 37 heavy (non-hydrogen) atoms. The van der Waals surface area contributed by atoms with Gasteiger partial charge in [-0.2, -0.15) is 0 Å². The number of hydrogen-bond acceptors (Lipinski definition) is 5. The van der Waals surface area contributed by atoms with Crippen LogP contribution >= 0.6 is 0 Å². The smallest absolute Gasteiger partial charge is 0.334 e. The normalized spacial score (nSPS) is 17.8. The lowest BCUT2D eigenvalue weighted by atomic mass is 9.86. The molecule has 1 fully saturated rings. The Bertz CT molecular complexity index is 667. The first kappa shape index (κ1) is 33.7. The number of unbranched alkanes of at least 4 members (excludes halogenated alkanes) is 12. The van der Waals surface area contributed by atoms with Crippen molar-refractivity contribution >= 4 is 11.9 Å². The highest BCUT2D eigenvalue weighted by molar-refractivity contribution is 5.92. The molecule has 1 heterocycles. The molecule has 1 rings (SSSR count). The van der Waals surface area contributed by atoms with Crippen LogP contribution in [0.4, 0.5) is 0 Å². The van der Waals surface area contributed by atoms with Crippen LogP contribution in [0.1, 0.15) is 157 Å². The van der Waals surface area contributed by atoms with E-state index in [9.17, 15) is 14.7 Å². The molecule has 0 amide bonds. The molecular formula is C32H58O5. The van der Waals surface area contributed by atoms with Crippen LogP contribution in [-0.2, 0) is 19.1 Å². The summed E-state index contributed by atoms with van der Waals surface area (Å²) in [5.41, 5.74) is 0.138. The number of hydrogen-bond donors (Lipinski definition) is 1. The summed E-state index contributed by atoms with van der Waals surface area (Å²) in [5.74, 6) is -0.618. The fourth-order valence-corrected chi connectivity index (χ4v) is 5.15. The second-order valence-corrected chi connectivity index (χ2v) is 11.9. The van der Waals surface area contributed by atoms with Gasteiger partial charge in [0.2, 0.25) is 0 Å². The van der Waals surface area contributed by atoms with Gasteiger partial charge < -0.3 is 14.6 Å². The van der Waals surface area contributed by atoms with Crippen molar-refractivity contribution in [2.75, 3.05) is 13.2 Å². The summed E-state index contributed by atoms with van der Waals surface area (Å²) < 4.78 is 11.4. The molecule has 1 unspecified atom stereocenters. The lowest BCUT2D eigenvalue weighted by molar-refractivity contribution is -0.172. The summed E-state index contributed by atoms with van der Waals surface area (Å²) in [6.07, 6.45) is 20.6. The zero-order valence-electron chi connectivity index (χ0n) is 24.9. The molecule has 1 aliphatic heterocycles. The van der Waals surface area contributed by atoms with Gasteiger partial charge in [-0.1, -0.05) is 110 Å². The van der Waals surface area contributed by atoms with E-state index in [1.807, 2.05) is 13.8 Å². The summed E-state index contributed by atoms with van der Waals surface area (Å²) in [7, 11) is 0. The van der Waals surface area contributed by atoms with Crippen LogP contribution in [0.15, 0.2) is 11.1 Å². The molecule has 0 saturated carbocycles. The third kappa shape index (κ3) is 12.8. The van der Waals surface area contributed by atoms with Crippen LogP contribution in [0.2, 0.25) is 0 Å². The molecule has 216 valence electrons. The number of cyclic esters (lactones) is 1. The molecule has 1 N–H and O–H groups in total. The molecule has 0 bridgehead atoms. The van der Waals surface area contributed by atoms with Crippen molar-refractivity contribution in [1.82, 2.24) is 0 Å².